The summed E-state index contributed by atoms with van der Waals surface area (Å²) in [5, 5.41) is 0. The lowest BCUT2D eigenvalue weighted by atomic mass is 10.1. The number of hydrogen-bond acceptors (Lipinski definition) is 6. The fourth-order valence-electron chi connectivity index (χ4n) is 3.25. The largest absolute Gasteiger partial charge is 0.496 e. The van der Waals surface area contributed by atoms with Crippen molar-refractivity contribution >= 4 is 15.9 Å². The van der Waals surface area contributed by atoms with Crippen molar-refractivity contribution in [1.82, 2.24) is 9.21 Å². The zero-order valence-corrected chi connectivity index (χ0v) is 17.7. The molecule has 8 nitrogen and oxygen atoms in total. The molecule has 1 saturated heterocycles. The van der Waals surface area contributed by atoms with Crippen molar-refractivity contribution in [3.63, 3.8) is 0 Å². The van der Waals surface area contributed by atoms with E-state index in [1.54, 1.807) is 17.0 Å². The van der Waals surface area contributed by atoms with E-state index in [9.17, 15) is 17.6 Å². The Morgan fingerprint density at radius 1 is 0.867 bits per heavy atom. The molecule has 0 radical (unpaired) electrons. The molecule has 2 aromatic rings. The van der Waals surface area contributed by atoms with Gasteiger partial charge in [0.15, 0.2) is 11.5 Å². The number of amides is 1. The minimum atomic E-state index is -3.76. The highest BCUT2D eigenvalue weighted by molar-refractivity contribution is 7.89. The monoisotopic (exact) mass is 438 g/mol. The van der Waals surface area contributed by atoms with Crippen LogP contribution in [0.15, 0.2) is 41.3 Å². The van der Waals surface area contributed by atoms with Crippen LogP contribution in [-0.4, -0.2) is 71.0 Å². The van der Waals surface area contributed by atoms with Crippen LogP contribution < -0.4 is 14.2 Å². The van der Waals surface area contributed by atoms with Crippen molar-refractivity contribution in [2.45, 2.75) is 4.90 Å². The van der Waals surface area contributed by atoms with Crippen molar-refractivity contribution < 1.29 is 31.8 Å². The number of ether oxygens (including phenoxy) is 3. The maximum absolute atomic E-state index is 13.1. The van der Waals surface area contributed by atoms with Gasteiger partial charge in [-0.3, -0.25) is 4.79 Å². The predicted octanol–water partition coefficient (Wildman–Crippen LogP) is 2.00. The Bertz CT molecular complexity index is 1020. The summed E-state index contributed by atoms with van der Waals surface area (Å²) in [6.45, 7) is 0.662. The number of benzene rings is 2. The second kappa shape index (κ2) is 8.88. The second-order valence-electron chi connectivity index (χ2n) is 6.56. The van der Waals surface area contributed by atoms with Gasteiger partial charge in [0.05, 0.1) is 31.8 Å². The number of nitrogens with zero attached hydrogens (tertiary/aromatic N) is 2. The molecule has 0 bridgehead atoms. The van der Waals surface area contributed by atoms with Crippen molar-refractivity contribution in [2.75, 3.05) is 47.5 Å². The number of methoxy groups -OCH3 is 3. The molecule has 3 rings (SSSR count). The van der Waals surface area contributed by atoms with Gasteiger partial charge in [-0.15, -0.1) is 0 Å². The highest BCUT2D eigenvalue weighted by Crippen LogP contribution is 2.35. The first-order valence-electron chi connectivity index (χ1n) is 9.16. The standard InChI is InChI=1S/C20H23FN2O6S/c1-27-17-13-19(29-3)18(28-2)12-16(17)20(24)22-8-10-23(11-9-22)30(25,26)15-6-4-14(21)5-7-15/h4-7,12-13H,8-11H2,1-3H3. The summed E-state index contributed by atoms with van der Waals surface area (Å²) in [5.41, 5.74) is 0.296. The van der Waals surface area contributed by atoms with Gasteiger partial charge in [0, 0.05) is 38.3 Å². The lowest BCUT2D eigenvalue weighted by Gasteiger charge is -2.34. The van der Waals surface area contributed by atoms with Gasteiger partial charge in [-0.25, -0.2) is 12.8 Å². The Balaban J connectivity index is 1.76. The Kier molecular flexibility index (Phi) is 6.47. The maximum atomic E-state index is 13.1. The van der Waals surface area contributed by atoms with E-state index < -0.39 is 15.8 Å². The fourth-order valence-corrected chi connectivity index (χ4v) is 4.68. The summed E-state index contributed by atoms with van der Waals surface area (Å²) >= 11 is 0. The molecule has 10 heteroatoms. The van der Waals surface area contributed by atoms with E-state index in [1.807, 2.05) is 0 Å². The van der Waals surface area contributed by atoms with E-state index in [-0.39, 0.29) is 37.0 Å². The molecule has 0 N–H and O–H groups in total. The minimum absolute atomic E-state index is 0.0187. The third-order valence-corrected chi connectivity index (χ3v) is 6.83. The molecule has 0 saturated carbocycles. The normalized spacial score (nSPS) is 15.0. The van der Waals surface area contributed by atoms with Gasteiger partial charge in [-0.05, 0) is 24.3 Å². The fraction of sp³-hybridized carbons (Fsp3) is 0.350. The number of rotatable bonds is 6. The van der Waals surface area contributed by atoms with Crippen LogP contribution in [0.5, 0.6) is 17.2 Å². The van der Waals surface area contributed by atoms with E-state index in [1.165, 1.54) is 37.8 Å². The lowest BCUT2D eigenvalue weighted by Crippen LogP contribution is -2.50. The van der Waals surface area contributed by atoms with E-state index in [4.69, 9.17) is 14.2 Å². The highest BCUT2D eigenvalue weighted by Gasteiger charge is 2.31. The molecule has 1 aliphatic rings. The first-order chi connectivity index (χ1) is 14.3. The molecule has 0 spiro atoms. The summed E-state index contributed by atoms with van der Waals surface area (Å²) in [7, 11) is 0.648. The Morgan fingerprint density at radius 2 is 1.40 bits per heavy atom. The van der Waals surface area contributed by atoms with Gasteiger partial charge >= 0.3 is 0 Å². The maximum Gasteiger partial charge on any atom is 0.257 e. The zero-order chi connectivity index (χ0) is 21.9. The van der Waals surface area contributed by atoms with Crippen molar-refractivity contribution in [1.29, 1.82) is 0 Å². The van der Waals surface area contributed by atoms with Gasteiger partial charge in [0.25, 0.3) is 5.91 Å². The second-order valence-corrected chi connectivity index (χ2v) is 8.50. The molecule has 162 valence electrons. The summed E-state index contributed by atoms with van der Waals surface area (Å²) in [4.78, 5) is 14.6. The van der Waals surface area contributed by atoms with Crippen LogP contribution in [0.2, 0.25) is 0 Å². The molecule has 0 aliphatic carbocycles. The average Bonchev–Trinajstić information content (AvgIpc) is 2.78. The number of piperazine rings is 1. The van der Waals surface area contributed by atoms with Crippen LogP contribution >= 0.6 is 0 Å². The van der Waals surface area contributed by atoms with Gasteiger partial charge in [0.2, 0.25) is 10.0 Å². The summed E-state index contributed by atoms with van der Waals surface area (Å²) in [5.74, 6) is 0.346. The third kappa shape index (κ3) is 4.19. The number of hydrogen-bond donors (Lipinski definition) is 0. The first-order valence-corrected chi connectivity index (χ1v) is 10.6. The minimum Gasteiger partial charge on any atom is -0.496 e. The van der Waals surface area contributed by atoms with Crippen molar-refractivity contribution in [2.24, 2.45) is 0 Å². The van der Waals surface area contributed by atoms with Crippen LogP contribution in [0, 0.1) is 5.82 Å². The van der Waals surface area contributed by atoms with Gasteiger partial charge in [0.1, 0.15) is 11.6 Å². The Morgan fingerprint density at radius 3 is 1.93 bits per heavy atom. The van der Waals surface area contributed by atoms with E-state index in [0.29, 0.717) is 22.8 Å². The topological polar surface area (TPSA) is 85.4 Å². The molecule has 1 amide bonds. The average molecular weight is 438 g/mol. The SMILES string of the molecule is COc1cc(OC)c(C(=O)N2CCN(S(=O)(=O)c3ccc(F)cc3)CC2)cc1OC. The Labute approximate surface area is 174 Å². The van der Waals surface area contributed by atoms with Crippen LogP contribution in [0.25, 0.3) is 0 Å². The number of carbonyl (C=O) groups is 1. The smallest absolute Gasteiger partial charge is 0.257 e. The van der Waals surface area contributed by atoms with E-state index >= 15 is 0 Å². The lowest BCUT2D eigenvalue weighted by molar-refractivity contribution is 0.0694. The third-order valence-electron chi connectivity index (χ3n) is 4.91. The molecular formula is C20H23FN2O6S. The molecule has 0 aromatic heterocycles. The molecular weight excluding hydrogens is 415 g/mol. The highest BCUT2D eigenvalue weighted by atomic mass is 32.2. The molecule has 0 unspecified atom stereocenters. The molecule has 2 aromatic carbocycles. The van der Waals surface area contributed by atoms with E-state index in [0.717, 1.165) is 12.1 Å². The van der Waals surface area contributed by atoms with Crippen LogP contribution in [0.1, 0.15) is 10.4 Å². The number of sulfonamides is 1. The molecule has 1 aliphatic heterocycles. The quantitative estimate of drug-likeness (QED) is 0.686. The Hall–Kier alpha value is -2.85. The molecule has 30 heavy (non-hydrogen) atoms. The van der Waals surface area contributed by atoms with Crippen molar-refractivity contribution in [3.05, 3.63) is 47.8 Å². The number of carbonyl (C=O) groups excluding carboxylic acids is 1. The molecule has 1 fully saturated rings. The van der Waals surface area contributed by atoms with Gasteiger partial charge in [-0.1, -0.05) is 0 Å². The van der Waals surface area contributed by atoms with Crippen molar-refractivity contribution in [3.8, 4) is 17.2 Å². The summed E-state index contributed by atoms with van der Waals surface area (Å²) in [6.07, 6.45) is 0. The molecule has 1 heterocycles. The van der Waals surface area contributed by atoms with Crippen LogP contribution in [0.4, 0.5) is 4.39 Å². The van der Waals surface area contributed by atoms with E-state index in [2.05, 4.69) is 0 Å². The number of halogens is 1. The summed E-state index contributed by atoms with van der Waals surface area (Å²) < 4.78 is 55.7. The zero-order valence-electron chi connectivity index (χ0n) is 16.9. The predicted molar refractivity (Wildman–Crippen MR) is 107 cm³/mol. The van der Waals surface area contributed by atoms with Gasteiger partial charge < -0.3 is 19.1 Å². The molecule has 0 atom stereocenters. The van der Waals surface area contributed by atoms with Gasteiger partial charge in [-0.2, -0.15) is 4.31 Å². The van der Waals surface area contributed by atoms with Crippen LogP contribution in [0.3, 0.4) is 0 Å². The summed E-state index contributed by atoms with van der Waals surface area (Å²) in [6, 6.07) is 7.79. The first kappa shape index (κ1) is 21.8. The van der Waals surface area contributed by atoms with Crippen LogP contribution in [-0.2, 0) is 10.0 Å².